The summed E-state index contributed by atoms with van der Waals surface area (Å²) in [4.78, 5) is 25.9. The molecule has 1 aliphatic heterocycles. The maximum atomic E-state index is 12.4. The van der Waals surface area contributed by atoms with Crippen LogP contribution in [0.3, 0.4) is 0 Å². The van der Waals surface area contributed by atoms with Gasteiger partial charge in [-0.3, -0.25) is 9.59 Å². The van der Waals surface area contributed by atoms with Gasteiger partial charge < -0.3 is 0 Å². The molecule has 0 N–H and O–H groups in total. The quantitative estimate of drug-likeness (QED) is 0.588. The SMILES string of the molecule is O=C1C2CC=CCC2C(=O)N1c1ccc(Cl)cc1Cl. The number of halogens is 2. The van der Waals surface area contributed by atoms with E-state index in [0.29, 0.717) is 28.6 Å². The molecule has 0 spiro atoms. The summed E-state index contributed by atoms with van der Waals surface area (Å²) in [5.41, 5.74) is 0.426. The van der Waals surface area contributed by atoms with Crippen LogP contribution in [0.5, 0.6) is 0 Å². The summed E-state index contributed by atoms with van der Waals surface area (Å²) >= 11 is 11.9. The van der Waals surface area contributed by atoms with Crippen molar-refractivity contribution in [3.05, 3.63) is 40.4 Å². The molecule has 19 heavy (non-hydrogen) atoms. The number of carbonyl (C=O) groups is 2. The smallest absolute Gasteiger partial charge is 0.238 e. The molecule has 3 nitrogen and oxygen atoms in total. The van der Waals surface area contributed by atoms with Gasteiger partial charge in [0, 0.05) is 5.02 Å². The van der Waals surface area contributed by atoms with Crippen molar-refractivity contribution < 1.29 is 9.59 Å². The standard InChI is InChI=1S/C14H11Cl2NO2/c15-8-5-6-12(11(16)7-8)17-13(18)9-3-1-2-4-10(9)14(17)19/h1-2,5-7,9-10H,3-4H2. The van der Waals surface area contributed by atoms with E-state index in [2.05, 4.69) is 0 Å². The second-order valence-electron chi connectivity index (χ2n) is 4.76. The second-order valence-corrected chi connectivity index (χ2v) is 5.61. The van der Waals surface area contributed by atoms with Crippen LogP contribution >= 0.6 is 23.2 Å². The third kappa shape index (κ3) is 1.97. The largest absolute Gasteiger partial charge is 0.274 e. The van der Waals surface area contributed by atoms with Gasteiger partial charge in [0.25, 0.3) is 0 Å². The van der Waals surface area contributed by atoms with Gasteiger partial charge in [0.2, 0.25) is 11.8 Å². The Kier molecular flexibility index (Phi) is 3.11. The van der Waals surface area contributed by atoms with Crippen LogP contribution in [-0.4, -0.2) is 11.8 Å². The molecule has 1 saturated heterocycles. The molecular weight excluding hydrogens is 285 g/mol. The van der Waals surface area contributed by atoms with E-state index < -0.39 is 0 Å². The Morgan fingerprint density at radius 3 is 2.11 bits per heavy atom. The number of rotatable bonds is 1. The van der Waals surface area contributed by atoms with Crippen molar-refractivity contribution in [3.8, 4) is 0 Å². The van der Waals surface area contributed by atoms with Crippen LogP contribution in [0.25, 0.3) is 0 Å². The van der Waals surface area contributed by atoms with E-state index in [1.54, 1.807) is 18.2 Å². The summed E-state index contributed by atoms with van der Waals surface area (Å²) < 4.78 is 0. The van der Waals surface area contributed by atoms with Crippen LogP contribution in [0.2, 0.25) is 10.0 Å². The summed E-state index contributed by atoms with van der Waals surface area (Å²) in [6, 6.07) is 4.79. The molecule has 0 saturated carbocycles. The van der Waals surface area contributed by atoms with Crippen LogP contribution in [-0.2, 0) is 9.59 Å². The highest BCUT2D eigenvalue weighted by molar-refractivity contribution is 6.38. The molecule has 0 aromatic heterocycles. The summed E-state index contributed by atoms with van der Waals surface area (Å²) in [6.45, 7) is 0. The van der Waals surface area contributed by atoms with Crippen molar-refractivity contribution in [2.24, 2.45) is 11.8 Å². The summed E-state index contributed by atoms with van der Waals surface area (Å²) in [6.07, 6.45) is 5.16. The number of amides is 2. The van der Waals surface area contributed by atoms with Gasteiger partial charge in [0.15, 0.2) is 0 Å². The number of nitrogens with zero attached hydrogens (tertiary/aromatic N) is 1. The lowest BCUT2D eigenvalue weighted by Gasteiger charge is -2.16. The van der Waals surface area contributed by atoms with Gasteiger partial charge in [0.05, 0.1) is 22.5 Å². The Labute approximate surface area is 120 Å². The molecule has 5 heteroatoms. The number of carbonyl (C=O) groups excluding carboxylic acids is 2. The second kappa shape index (κ2) is 4.66. The third-order valence-electron chi connectivity index (χ3n) is 3.66. The predicted octanol–water partition coefficient (Wildman–Crippen LogP) is 3.45. The van der Waals surface area contributed by atoms with E-state index >= 15 is 0 Å². The van der Waals surface area contributed by atoms with Gasteiger partial charge in [-0.1, -0.05) is 35.4 Å². The van der Waals surface area contributed by atoms with Gasteiger partial charge in [-0.15, -0.1) is 0 Å². The highest BCUT2D eigenvalue weighted by atomic mass is 35.5. The Balaban J connectivity index is 2.02. The molecule has 2 unspecified atom stereocenters. The van der Waals surface area contributed by atoms with Crippen LogP contribution in [0.4, 0.5) is 5.69 Å². The lowest BCUT2D eigenvalue weighted by molar-refractivity contribution is -0.122. The highest BCUT2D eigenvalue weighted by Gasteiger charge is 2.48. The third-order valence-corrected chi connectivity index (χ3v) is 4.20. The lowest BCUT2D eigenvalue weighted by Crippen LogP contribution is -2.31. The van der Waals surface area contributed by atoms with E-state index in [-0.39, 0.29) is 23.7 Å². The highest BCUT2D eigenvalue weighted by Crippen LogP contribution is 2.40. The normalized spacial score (nSPS) is 25.9. The summed E-state index contributed by atoms with van der Waals surface area (Å²) in [7, 11) is 0. The van der Waals surface area contributed by atoms with Gasteiger partial charge in [0.1, 0.15) is 0 Å². The fourth-order valence-corrected chi connectivity index (χ4v) is 3.19. The van der Waals surface area contributed by atoms with Crippen molar-refractivity contribution in [2.75, 3.05) is 4.90 Å². The maximum absolute atomic E-state index is 12.4. The molecule has 1 aliphatic carbocycles. The zero-order valence-electron chi connectivity index (χ0n) is 9.98. The number of imide groups is 1. The van der Waals surface area contributed by atoms with Crippen LogP contribution in [0, 0.1) is 11.8 Å². The van der Waals surface area contributed by atoms with Gasteiger partial charge in [-0.2, -0.15) is 0 Å². The van der Waals surface area contributed by atoms with Crippen LogP contribution in [0.15, 0.2) is 30.4 Å². The number of benzene rings is 1. The topological polar surface area (TPSA) is 37.4 Å². The van der Waals surface area contributed by atoms with Crippen LogP contribution < -0.4 is 4.90 Å². The van der Waals surface area contributed by atoms with Crippen molar-refractivity contribution in [2.45, 2.75) is 12.8 Å². The van der Waals surface area contributed by atoms with Crippen molar-refractivity contribution in [1.29, 1.82) is 0 Å². The average Bonchev–Trinajstić information content (AvgIpc) is 2.64. The first-order valence-corrected chi connectivity index (χ1v) is 6.83. The van der Waals surface area contributed by atoms with E-state index in [9.17, 15) is 9.59 Å². The van der Waals surface area contributed by atoms with Crippen molar-refractivity contribution in [1.82, 2.24) is 0 Å². The zero-order valence-corrected chi connectivity index (χ0v) is 11.5. The van der Waals surface area contributed by atoms with Gasteiger partial charge >= 0.3 is 0 Å². The van der Waals surface area contributed by atoms with E-state index in [1.165, 1.54) is 4.90 Å². The van der Waals surface area contributed by atoms with Crippen molar-refractivity contribution >= 4 is 40.7 Å². The molecule has 3 rings (SSSR count). The molecule has 2 amide bonds. The molecule has 0 bridgehead atoms. The zero-order chi connectivity index (χ0) is 13.6. The molecule has 1 fully saturated rings. The lowest BCUT2D eigenvalue weighted by atomic mass is 9.85. The molecule has 2 atom stereocenters. The Morgan fingerprint density at radius 2 is 1.58 bits per heavy atom. The minimum Gasteiger partial charge on any atom is -0.274 e. The summed E-state index contributed by atoms with van der Waals surface area (Å²) in [5.74, 6) is -0.819. The molecule has 2 aliphatic rings. The number of fused-ring (bicyclic) bond motifs is 1. The molecule has 0 radical (unpaired) electrons. The van der Waals surface area contributed by atoms with E-state index in [0.717, 1.165) is 0 Å². The number of anilines is 1. The first kappa shape index (κ1) is 12.7. The fourth-order valence-electron chi connectivity index (χ4n) is 2.70. The van der Waals surface area contributed by atoms with E-state index in [1.807, 2.05) is 12.2 Å². The number of hydrogen-bond donors (Lipinski definition) is 0. The Bertz CT molecular complexity index is 571. The average molecular weight is 296 g/mol. The van der Waals surface area contributed by atoms with Crippen LogP contribution in [0.1, 0.15) is 12.8 Å². The summed E-state index contributed by atoms with van der Waals surface area (Å²) in [5, 5.41) is 0.799. The Hall–Kier alpha value is -1.32. The monoisotopic (exact) mass is 295 g/mol. The van der Waals surface area contributed by atoms with E-state index in [4.69, 9.17) is 23.2 Å². The molecule has 1 aromatic carbocycles. The minimum absolute atomic E-state index is 0.163. The van der Waals surface area contributed by atoms with Crippen molar-refractivity contribution in [3.63, 3.8) is 0 Å². The predicted molar refractivity (Wildman–Crippen MR) is 74.3 cm³/mol. The minimum atomic E-state index is -0.246. The van der Waals surface area contributed by atoms with Gasteiger partial charge in [-0.25, -0.2) is 4.90 Å². The first-order chi connectivity index (χ1) is 9.09. The Morgan fingerprint density at radius 1 is 1.00 bits per heavy atom. The molecular formula is C14H11Cl2NO2. The number of allylic oxidation sites excluding steroid dienone is 2. The first-order valence-electron chi connectivity index (χ1n) is 6.07. The molecule has 1 heterocycles. The maximum Gasteiger partial charge on any atom is 0.238 e. The number of hydrogen-bond acceptors (Lipinski definition) is 2. The fraction of sp³-hybridized carbons (Fsp3) is 0.286. The molecule has 98 valence electrons. The molecule has 1 aromatic rings. The van der Waals surface area contributed by atoms with Gasteiger partial charge in [-0.05, 0) is 31.0 Å².